The van der Waals surface area contributed by atoms with Crippen LogP contribution in [-0.2, 0) is 0 Å². The smallest absolute Gasteiger partial charge is 0.251 e. The maximum Gasteiger partial charge on any atom is 0.251 e. The van der Waals surface area contributed by atoms with Gasteiger partial charge in [0.2, 0.25) is 0 Å². The quantitative estimate of drug-likeness (QED) is 0.817. The third-order valence-corrected chi connectivity index (χ3v) is 2.14. The van der Waals surface area contributed by atoms with Crippen molar-refractivity contribution < 1.29 is 14.6 Å². The van der Waals surface area contributed by atoms with Gasteiger partial charge < -0.3 is 15.2 Å². The number of hydrogen-bond acceptors (Lipinski definition) is 3. The van der Waals surface area contributed by atoms with Gasteiger partial charge in [-0.2, -0.15) is 0 Å². The van der Waals surface area contributed by atoms with E-state index in [9.17, 15) is 4.79 Å². The van der Waals surface area contributed by atoms with E-state index in [4.69, 9.17) is 9.84 Å². The van der Waals surface area contributed by atoms with Gasteiger partial charge in [0, 0.05) is 11.6 Å². The zero-order valence-electron chi connectivity index (χ0n) is 10.4. The molecule has 1 atom stereocenters. The molecule has 17 heavy (non-hydrogen) atoms. The van der Waals surface area contributed by atoms with Crippen LogP contribution in [0.5, 0.6) is 5.75 Å². The number of nitrogens with one attached hydrogen (secondary N) is 1. The minimum absolute atomic E-state index is 0.0692. The van der Waals surface area contributed by atoms with Crippen LogP contribution in [0, 0.1) is 0 Å². The van der Waals surface area contributed by atoms with Crippen molar-refractivity contribution in [1.82, 2.24) is 5.32 Å². The summed E-state index contributed by atoms with van der Waals surface area (Å²) in [4.78, 5) is 11.7. The summed E-state index contributed by atoms with van der Waals surface area (Å²) in [7, 11) is 0. The van der Waals surface area contributed by atoms with E-state index in [0.29, 0.717) is 5.56 Å². The van der Waals surface area contributed by atoms with Crippen molar-refractivity contribution in [1.29, 1.82) is 0 Å². The van der Waals surface area contributed by atoms with Crippen molar-refractivity contribution >= 4 is 5.91 Å². The summed E-state index contributed by atoms with van der Waals surface area (Å²) in [6, 6.07) is 6.69. The van der Waals surface area contributed by atoms with Crippen LogP contribution < -0.4 is 10.1 Å². The number of amides is 1. The van der Waals surface area contributed by atoms with E-state index in [0.717, 1.165) is 5.75 Å². The number of ether oxygens (including phenoxy) is 1. The molecule has 4 heteroatoms. The summed E-state index contributed by atoms with van der Waals surface area (Å²) in [6.07, 6.45) is 0.115. The molecule has 0 saturated carbocycles. The monoisotopic (exact) mass is 237 g/mol. The molecule has 0 aromatic heterocycles. The number of carbonyl (C=O) groups is 1. The van der Waals surface area contributed by atoms with E-state index in [2.05, 4.69) is 5.32 Å². The molecule has 1 unspecified atom stereocenters. The van der Waals surface area contributed by atoms with Gasteiger partial charge in [-0.3, -0.25) is 4.79 Å². The molecule has 0 aliphatic heterocycles. The van der Waals surface area contributed by atoms with Gasteiger partial charge in [0.25, 0.3) is 5.91 Å². The molecule has 94 valence electrons. The lowest BCUT2D eigenvalue weighted by molar-refractivity contribution is 0.0922. The first-order chi connectivity index (χ1) is 8.02. The lowest BCUT2D eigenvalue weighted by Crippen LogP contribution is -2.34. The van der Waals surface area contributed by atoms with Gasteiger partial charge in [-0.05, 0) is 45.0 Å². The van der Waals surface area contributed by atoms with Crippen LogP contribution >= 0.6 is 0 Å². The van der Waals surface area contributed by atoms with Gasteiger partial charge in [0.1, 0.15) is 5.75 Å². The molecule has 0 aliphatic rings. The largest absolute Gasteiger partial charge is 0.491 e. The van der Waals surface area contributed by atoms with Crippen LogP contribution in [0.4, 0.5) is 0 Å². The van der Waals surface area contributed by atoms with Crippen LogP contribution in [0.1, 0.15) is 31.1 Å². The first-order valence-electron chi connectivity index (χ1n) is 5.71. The predicted molar refractivity (Wildman–Crippen MR) is 66.2 cm³/mol. The maximum absolute atomic E-state index is 11.7. The molecular weight excluding hydrogens is 218 g/mol. The molecule has 0 bridgehead atoms. The van der Waals surface area contributed by atoms with Gasteiger partial charge in [-0.1, -0.05) is 0 Å². The lowest BCUT2D eigenvalue weighted by atomic mass is 10.2. The molecule has 0 aliphatic carbocycles. The van der Waals surface area contributed by atoms with Gasteiger partial charge in [0.05, 0.1) is 12.7 Å². The van der Waals surface area contributed by atoms with Crippen molar-refractivity contribution in [3.05, 3.63) is 29.8 Å². The number of rotatable bonds is 5. The van der Waals surface area contributed by atoms with Gasteiger partial charge in [0.15, 0.2) is 0 Å². The van der Waals surface area contributed by atoms with Crippen molar-refractivity contribution in [3.63, 3.8) is 0 Å². The standard InChI is InChI=1S/C13H19NO3/c1-9(2)17-12-6-4-11(5-7-12)13(16)14-10(3)8-15/h4-7,9-10,15H,8H2,1-3H3,(H,14,16). The van der Waals surface area contributed by atoms with Crippen molar-refractivity contribution in [2.45, 2.75) is 32.9 Å². The average Bonchev–Trinajstić information content (AvgIpc) is 2.28. The highest BCUT2D eigenvalue weighted by atomic mass is 16.5. The second-order valence-corrected chi connectivity index (χ2v) is 4.25. The molecule has 1 aromatic rings. The van der Waals surface area contributed by atoms with E-state index in [1.807, 2.05) is 13.8 Å². The van der Waals surface area contributed by atoms with Crippen LogP contribution in [0.3, 0.4) is 0 Å². The first kappa shape index (κ1) is 13.5. The van der Waals surface area contributed by atoms with Crippen LogP contribution in [-0.4, -0.2) is 29.8 Å². The molecule has 0 saturated heterocycles. The Morgan fingerprint density at radius 1 is 1.29 bits per heavy atom. The first-order valence-corrected chi connectivity index (χ1v) is 5.71. The Morgan fingerprint density at radius 2 is 1.88 bits per heavy atom. The van der Waals surface area contributed by atoms with Crippen molar-refractivity contribution in [3.8, 4) is 5.75 Å². The number of aliphatic hydroxyl groups excluding tert-OH is 1. The Bertz CT molecular complexity index is 359. The SMILES string of the molecule is CC(CO)NC(=O)c1ccc(OC(C)C)cc1. The van der Waals surface area contributed by atoms with Crippen LogP contribution in [0.2, 0.25) is 0 Å². The van der Waals surface area contributed by atoms with Crippen LogP contribution in [0.15, 0.2) is 24.3 Å². The normalized spacial score (nSPS) is 12.3. The summed E-state index contributed by atoms with van der Waals surface area (Å²) < 4.78 is 5.48. The van der Waals surface area contributed by atoms with Gasteiger partial charge >= 0.3 is 0 Å². The van der Waals surface area contributed by atoms with E-state index >= 15 is 0 Å². The Hall–Kier alpha value is -1.55. The highest BCUT2D eigenvalue weighted by Gasteiger charge is 2.08. The highest BCUT2D eigenvalue weighted by Crippen LogP contribution is 2.13. The number of carbonyl (C=O) groups excluding carboxylic acids is 1. The molecule has 4 nitrogen and oxygen atoms in total. The summed E-state index contributed by atoms with van der Waals surface area (Å²) in [5.41, 5.74) is 0.557. The van der Waals surface area contributed by atoms with Crippen LogP contribution in [0.25, 0.3) is 0 Å². The summed E-state index contributed by atoms with van der Waals surface area (Å²) >= 11 is 0. The molecular formula is C13H19NO3. The van der Waals surface area contributed by atoms with Gasteiger partial charge in [-0.15, -0.1) is 0 Å². The summed E-state index contributed by atoms with van der Waals surface area (Å²) in [5, 5.41) is 11.5. The van der Waals surface area contributed by atoms with E-state index in [-0.39, 0.29) is 24.7 Å². The second kappa shape index (κ2) is 6.25. The average molecular weight is 237 g/mol. The third kappa shape index (κ3) is 4.44. The fourth-order valence-electron chi connectivity index (χ4n) is 1.31. The number of benzene rings is 1. The van der Waals surface area contributed by atoms with E-state index in [1.165, 1.54) is 0 Å². The molecule has 0 spiro atoms. The Morgan fingerprint density at radius 3 is 2.35 bits per heavy atom. The minimum Gasteiger partial charge on any atom is -0.491 e. The molecule has 1 rings (SSSR count). The fraction of sp³-hybridized carbons (Fsp3) is 0.462. The molecule has 0 heterocycles. The Labute approximate surface area is 102 Å². The topological polar surface area (TPSA) is 58.6 Å². The zero-order chi connectivity index (χ0) is 12.8. The molecule has 0 fully saturated rings. The summed E-state index contributed by atoms with van der Waals surface area (Å²) in [6.45, 7) is 5.57. The highest BCUT2D eigenvalue weighted by molar-refractivity contribution is 5.94. The minimum atomic E-state index is -0.242. The molecule has 0 radical (unpaired) electrons. The Kier molecular flexibility index (Phi) is 4.97. The predicted octanol–water partition coefficient (Wildman–Crippen LogP) is 1.58. The fourth-order valence-corrected chi connectivity index (χ4v) is 1.31. The second-order valence-electron chi connectivity index (χ2n) is 4.25. The third-order valence-electron chi connectivity index (χ3n) is 2.14. The molecule has 2 N–H and O–H groups in total. The lowest BCUT2D eigenvalue weighted by Gasteiger charge is -2.12. The summed E-state index contributed by atoms with van der Waals surface area (Å²) in [5.74, 6) is 0.550. The molecule has 1 amide bonds. The van der Waals surface area contributed by atoms with Crippen molar-refractivity contribution in [2.75, 3.05) is 6.61 Å². The van der Waals surface area contributed by atoms with E-state index < -0.39 is 0 Å². The maximum atomic E-state index is 11.7. The zero-order valence-corrected chi connectivity index (χ0v) is 10.4. The Balaban J connectivity index is 2.64. The number of hydrogen-bond donors (Lipinski definition) is 2. The van der Waals surface area contributed by atoms with E-state index in [1.54, 1.807) is 31.2 Å². The van der Waals surface area contributed by atoms with Crippen molar-refractivity contribution in [2.24, 2.45) is 0 Å². The van der Waals surface area contributed by atoms with Gasteiger partial charge in [-0.25, -0.2) is 0 Å². The number of aliphatic hydroxyl groups is 1. The molecule has 1 aromatic carbocycles.